The topological polar surface area (TPSA) is 26.0 Å². The van der Waals surface area contributed by atoms with E-state index in [1.807, 2.05) is 35.7 Å². The molecule has 4 heteroatoms. The van der Waals surface area contributed by atoms with Crippen molar-refractivity contribution in [3.8, 4) is 0 Å². The van der Waals surface area contributed by atoms with E-state index in [2.05, 4.69) is 15.9 Å². The molecule has 1 atom stereocenters. The molecule has 0 fully saturated rings. The van der Waals surface area contributed by atoms with E-state index in [1.54, 1.807) is 11.3 Å². The molecule has 1 nitrogen and oxygen atoms in total. The van der Waals surface area contributed by atoms with E-state index in [0.717, 1.165) is 14.9 Å². The number of halogens is 2. The van der Waals surface area contributed by atoms with E-state index in [4.69, 9.17) is 17.3 Å². The molecule has 1 heterocycles. The minimum atomic E-state index is -0.113. The van der Waals surface area contributed by atoms with Gasteiger partial charge in [0.15, 0.2) is 0 Å². The maximum Gasteiger partial charge on any atom is 0.0657 e. The number of thiophene rings is 1. The predicted molar refractivity (Wildman–Crippen MR) is 69.5 cm³/mol. The van der Waals surface area contributed by atoms with Gasteiger partial charge in [0, 0.05) is 14.4 Å². The van der Waals surface area contributed by atoms with Gasteiger partial charge in [-0.05, 0) is 35.2 Å². The second-order valence-electron chi connectivity index (χ2n) is 3.16. The fourth-order valence-electron chi connectivity index (χ4n) is 1.37. The zero-order valence-corrected chi connectivity index (χ0v) is 10.9. The van der Waals surface area contributed by atoms with Crippen molar-refractivity contribution in [3.05, 3.63) is 55.6 Å². The van der Waals surface area contributed by atoms with Crippen molar-refractivity contribution >= 4 is 38.9 Å². The second kappa shape index (κ2) is 4.66. The molecule has 0 aliphatic carbocycles. The number of benzene rings is 1. The predicted octanol–water partition coefficient (Wildman–Crippen LogP) is 4.21. The molecule has 2 rings (SSSR count). The van der Waals surface area contributed by atoms with E-state index in [9.17, 15) is 0 Å². The Morgan fingerprint density at radius 1 is 1.33 bits per heavy atom. The number of hydrogen-bond donors (Lipinski definition) is 1. The van der Waals surface area contributed by atoms with E-state index in [0.29, 0.717) is 5.02 Å². The van der Waals surface area contributed by atoms with Crippen molar-refractivity contribution in [2.75, 3.05) is 0 Å². The number of rotatable bonds is 2. The van der Waals surface area contributed by atoms with Gasteiger partial charge >= 0.3 is 0 Å². The SMILES string of the molecule is N[C@@H](c1cccs1)c1cc(Cl)ccc1Br. The molecular formula is C11H9BrClNS. The van der Waals surface area contributed by atoms with Crippen molar-refractivity contribution < 1.29 is 0 Å². The highest BCUT2D eigenvalue weighted by Crippen LogP contribution is 2.31. The van der Waals surface area contributed by atoms with Crippen LogP contribution >= 0.6 is 38.9 Å². The first-order valence-corrected chi connectivity index (χ1v) is 6.47. The third-order valence-electron chi connectivity index (χ3n) is 2.14. The molecule has 0 amide bonds. The highest BCUT2D eigenvalue weighted by atomic mass is 79.9. The van der Waals surface area contributed by atoms with Crippen LogP contribution in [0.5, 0.6) is 0 Å². The summed E-state index contributed by atoms with van der Waals surface area (Å²) in [6, 6.07) is 9.58. The maximum atomic E-state index is 6.15. The smallest absolute Gasteiger partial charge is 0.0657 e. The standard InChI is InChI=1S/C11H9BrClNS/c12-9-4-3-7(13)6-8(9)11(14)10-2-1-5-15-10/h1-6,11H,14H2/t11-/m1/s1. The van der Waals surface area contributed by atoms with Crippen molar-refractivity contribution in [2.24, 2.45) is 5.73 Å². The fourth-order valence-corrected chi connectivity index (χ4v) is 2.79. The van der Waals surface area contributed by atoms with E-state index < -0.39 is 0 Å². The van der Waals surface area contributed by atoms with E-state index >= 15 is 0 Å². The highest BCUT2D eigenvalue weighted by Gasteiger charge is 2.13. The second-order valence-corrected chi connectivity index (χ2v) is 5.43. The van der Waals surface area contributed by atoms with Crippen LogP contribution in [0.4, 0.5) is 0 Å². The Labute approximate surface area is 106 Å². The lowest BCUT2D eigenvalue weighted by Gasteiger charge is -2.12. The minimum Gasteiger partial charge on any atom is -0.320 e. The molecule has 1 aromatic carbocycles. The van der Waals surface area contributed by atoms with Crippen LogP contribution in [-0.2, 0) is 0 Å². The Bertz CT molecular complexity index is 456. The van der Waals surface area contributed by atoms with Crippen molar-refractivity contribution in [1.29, 1.82) is 0 Å². The third-order valence-corrected chi connectivity index (χ3v) is 4.06. The molecule has 0 saturated heterocycles. The molecule has 2 aromatic rings. The molecule has 0 bridgehead atoms. The van der Waals surface area contributed by atoms with Crippen LogP contribution in [0.2, 0.25) is 5.02 Å². The Balaban J connectivity index is 2.41. The molecule has 0 saturated carbocycles. The third kappa shape index (κ3) is 2.42. The van der Waals surface area contributed by atoms with Crippen LogP contribution < -0.4 is 5.73 Å². The molecule has 15 heavy (non-hydrogen) atoms. The molecule has 0 spiro atoms. The molecule has 0 aliphatic heterocycles. The number of nitrogens with two attached hydrogens (primary N) is 1. The van der Waals surface area contributed by atoms with Crippen molar-refractivity contribution in [2.45, 2.75) is 6.04 Å². The van der Waals surface area contributed by atoms with Gasteiger partial charge in [-0.25, -0.2) is 0 Å². The first-order valence-electron chi connectivity index (χ1n) is 4.42. The van der Waals surface area contributed by atoms with Gasteiger partial charge in [0.25, 0.3) is 0 Å². The summed E-state index contributed by atoms with van der Waals surface area (Å²) in [6.07, 6.45) is 0. The molecule has 1 aromatic heterocycles. The molecule has 78 valence electrons. The Morgan fingerprint density at radius 2 is 2.13 bits per heavy atom. The van der Waals surface area contributed by atoms with Gasteiger partial charge in [-0.15, -0.1) is 11.3 Å². The van der Waals surface area contributed by atoms with Crippen LogP contribution in [0.25, 0.3) is 0 Å². The van der Waals surface area contributed by atoms with Crippen molar-refractivity contribution in [3.63, 3.8) is 0 Å². The zero-order valence-electron chi connectivity index (χ0n) is 7.78. The van der Waals surface area contributed by atoms with Crippen LogP contribution in [-0.4, -0.2) is 0 Å². The lowest BCUT2D eigenvalue weighted by molar-refractivity contribution is 0.887. The Kier molecular flexibility index (Phi) is 3.46. The van der Waals surface area contributed by atoms with Crippen LogP contribution in [0, 0.1) is 0 Å². The molecule has 0 radical (unpaired) electrons. The quantitative estimate of drug-likeness (QED) is 0.883. The number of hydrogen-bond acceptors (Lipinski definition) is 2. The first kappa shape index (κ1) is 11.1. The summed E-state index contributed by atoms with van der Waals surface area (Å²) in [6.45, 7) is 0. The lowest BCUT2D eigenvalue weighted by Crippen LogP contribution is -2.10. The van der Waals surface area contributed by atoms with Gasteiger partial charge in [-0.1, -0.05) is 33.6 Å². The van der Waals surface area contributed by atoms with Gasteiger partial charge in [-0.2, -0.15) is 0 Å². The van der Waals surface area contributed by atoms with Crippen LogP contribution in [0.3, 0.4) is 0 Å². The van der Waals surface area contributed by atoms with Crippen molar-refractivity contribution in [1.82, 2.24) is 0 Å². The monoisotopic (exact) mass is 301 g/mol. The summed E-state index contributed by atoms with van der Waals surface area (Å²) >= 11 is 11.1. The van der Waals surface area contributed by atoms with E-state index in [-0.39, 0.29) is 6.04 Å². The van der Waals surface area contributed by atoms with Gasteiger partial charge in [-0.3, -0.25) is 0 Å². The normalized spacial score (nSPS) is 12.7. The van der Waals surface area contributed by atoms with E-state index in [1.165, 1.54) is 0 Å². The zero-order chi connectivity index (χ0) is 10.8. The average Bonchev–Trinajstić information content (AvgIpc) is 2.74. The summed E-state index contributed by atoms with van der Waals surface area (Å²) in [5.41, 5.74) is 7.17. The molecule has 0 aliphatic rings. The van der Waals surface area contributed by atoms with Gasteiger partial charge in [0.2, 0.25) is 0 Å². The van der Waals surface area contributed by atoms with Gasteiger partial charge < -0.3 is 5.73 Å². The molecule has 2 N–H and O–H groups in total. The van der Waals surface area contributed by atoms with Gasteiger partial charge in [0.05, 0.1) is 6.04 Å². The first-order chi connectivity index (χ1) is 7.18. The summed E-state index contributed by atoms with van der Waals surface area (Å²) in [5, 5.41) is 2.73. The minimum absolute atomic E-state index is 0.113. The average molecular weight is 303 g/mol. The lowest BCUT2D eigenvalue weighted by atomic mass is 10.1. The summed E-state index contributed by atoms with van der Waals surface area (Å²) in [7, 11) is 0. The Morgan fingerprint density at radius 3 is 2.80 bits per heavy atom. The van der Waals surface area contributed by atoms with Crippen LogP contribution in [0.1, 0.15) is 16.5 Å². The van der Waals surface area contributed by atoms with Gasteiger partial charge in [0.1, 0.15) is 0 Å². The summed E-state index contributed by atoms with van der Waals surface area (Å²) < 4.78 is 0.993. The van der Waals surface area contributed by atoms with Crippen LogP contribution in [0.15, 0.2) is 40.2 Å². The fraction of sp³-hybridized carbons (Fsp3) is 0.0909. The summed E-state index contributed by atoms with van der Waals surface area (Å²) in [5.74, 6) is 0. The molecular weight excluding hydrogens is 294 g/mol. The largest absolute Gasteiger partial charge is 0.320 e. The summed E-state index contributed by atoms with van der Waals surface area (Å²) in [4.78, 5) is 1.14. The Hall–Kier alpha value is -0.350. The molecule has 0 unspecified atom stereocenters. The highest BCUT2D eigenvalue weighted by molar-refractivity contribution is 9.10. The maximum absolute atomic E-state index is 6.15.